The molecule has 0 bridgehead atoms. The molecule has 0 saturated carbocycles. The number of benzene rings is 2. The molecule has 3 aromatic rings. The number of anilines is 1. The quantitative estimate of drug-likeness (QED) is 0.561. The fourth-order valence-corrected chi connectivity index (χ4v) is 2.46. The maximum Gasteiger partial charge on any atom is 0.416 e. The van der Waals surface area contributed by atoms with Crippen molar-refractivity contribution < 1.29 is 28.2 Å². The number of aromatic nitrogens is 1. The normalized spacial score (nSPS) is 11.5. The maximum atomic E-state index is 12.8. The summed E-state index contributed by atoms with van der Waals surface area (Å²) in [5.41, 5.74) is -2.39. The summed E-state index contributed by atoms with van der Waals surface area (Å²) in [5.74, 6) is -2.02. The number of amides is 1. The molecular weight excluding hydrogens is 353 g/mol. The zero-order chi connectivity index (χ0) is 19.1. The lowest BCUT2D eigenvalue weighted by Gasteiger charge is -2.11. The van der Waals surface area contributed by atoms with E-state index in [-0.39, 0.29) is 16.8 Å². The first-order valence-corrected chi connectivity index (χ1v) is 7.23. The van der Waals surface area contributed by atoms with E-state index >= 15 is 0 Å². The Labute approximate surface area is 143 Å². The summed E-state index contributed by atoms with van der Waals surface area (Å²) in [7, 11) is 0. The summed E-state index contributed by atoms with van der Waals surface area (Å²) < 4.78 is 38.4. The van der Waals surface area contributed by atoms with Gasteiger partial charge in [-0.3, -0.25) is 9.59 Å². The van der Waals surface area contributed by atoms with Crippen LogP contribution in [0.5, 0.6) is 11.5 Å². The molecule has 1 amide bonds. The molecule has 0 spiro atoms. The van der Waals surface area contributed by atoms with Crippen molar-refractivity contribution in [1.82, 2.24) is 4.98 Å². The minimum atomic E-state index is -4.72. The van der Waals surface area contributed by atoms with Crippen molar-refractivity contribution in [3.8, 4) is 11.5 Å². The number of phenols is 2. The molecule has 4 N–H and O–H groups in total. The second-order valence-electron chi connectivity index (χ2n) is 5.45. The van der Waals surface area contributed by atoms with Crippen LogP contribution in [0.1, 0.15) is 15.9 Å². The molecule has 26 heavy (non-hydrogen) atoms. The molecule has 0 unspecified atom stereocenters. The van der Waals surface area contributed by atoms with E-state index in [4.69, 9.17) is 0 Å². The van der Waals surface area contributed by atoms with E-state index in [2.05, 4.69) is 10.3 Å². The number of nitrogens with one attached hydrogen (secondary N) is 2. The standard InChI is InChI=1S/C17H11F3N2O4/c18-17(19,20)8-4-9(6-10(23)5-8)22-16(26)11-7-21-12-2-1-3-13(24)14(12)15(11)25/h1-7,23-24H,(H,21,25)(H,22,26). The molecule has 0 aliphatic carbocycles. The topological polar surface area (TPSA) is 102 Å². The number of hydrogen-bond acceptors (Lipinski definition) is 4. The Morgan fingerprint density at radius 1 is 1.12 bits per heavy atom. The van der Waals surface area contributed by atoms with Gasteiger partial charge in [0.1, 0.15) is 17.1 Å². The first kappa shape index (κ1) is 17.3. The van der Waals surface area contributed by atoms with Gasteiger partial charge in [-0.1, -0.05) is 6.07 Å². The molecule has 0 aliphatic heterocycles. The number of halogens is 3. The van der Waals surface area contributed by atoms with E-state index in [0.29, 0.717) is 17.6 Å². The Kier molecular flexibility index (Phi) is 4.07. The van der Waals surface area contributed by atoms with Crippen molar-refractivity contribution in [2.75, 3.05) is 5.32 Å². The molecule has 1 aromatic heterocycles. The van der Waals surface area contributed by atoms with Crippen molar-refractivity contribution in [3.63, 3.8) is 0 Å². The van der Waals surface area contributed by atoms with E-state index in [1.165, 1.54) is 18.2 Å². The van der Waals surface area contributed by atoms with Crippen molar-refractivity contribution in [2.24, 2.45) is 0 Å². The molecular formula is C17H11F3N2O4. The number of carbonyl (C=O) groups excluding carboxylic acids is 1. The average Bonchev–Trinajstić information content (AvgIpc) is 2.53. The van der Waals surface area contributed by atoms with Gasteiger partial charge in [0.25, 0.3) is 5.91 Å². The molecule has 1 heterocycles. The van der Waals surface area contributed by atoms with Gasteiger partial charge in [0.05, 0.1) is 16.5 Å². The monoisotopic (exact) mass is 364 g/mol. The number of rotatable bonds is 2. The van der Waals surface area contributed by atoms with Crippen LogP contribution in [0.3, 0.4) is 0 Å². The highest BCUT2D eigenvalue weighted by atomic mass is 19.4. The Morgan fingerprint density at radius 2 is 1.85 bits per heavy atom. The number of aromatic amines is 1. The molecule has 0 saturated heterocycles. The minimum absolute atomic E-state index is 0.118. The zero-order valence-electron chi connectivity index (χ0n) is 12.9. The second kappa shape index (κ2) is 6.10. The van der Waals surface area contributed by atoms with Crippen molar-refractivity contribution in [2.45, 2.75) is 6.18 Å². The lowest BCUT2D eigenvalue weighted by atomic mass is 10.1. The summed E-state index contributed by atoms with van der Waals surface area (Å²) in [6.07, 6.45) is -3.63. The SMILES string of the molecule is O=C(Nc1cc(O)cc(C(F)(F)F)c1)c1c[nH]c2cccc(O)c2c1=O. The van der Waals surface area contributed by atoms with Crippen LogP contribution < -0.4 is 10.7 Å². The molecule has 6 nitrogen and oxygen atoms in total. The number of fused-ring (bicyclic) bond motifs is 1. The highest BCUT2D eigenvalue weighted by Gasteiger charge is 2.31. The third-order valence-electron chi connectivity index (χ3n) is 3.63. The van der Waals surface area contributed by atoms with Crippen molar-refractivity contribution in [3.05, 3.63) is 63.9 Å². The number of hydrogen-bond donors (Lipinski definition) is 4. The van der Waals surface area contributed by atoms with Crippen LogP contribution in [0, 0.1) is 0 Å². The predicted octanol–water partition coefficient (Wildman–Crippen LogP) is 3.21. The number of phenolic OH excluding ortho intramolecular Hbond substituents is 2. The number of carbonyl (C=O) groups is 1. The van der Waals surface area contributed by atoms with Gasteiger partial charge >= 0.3 is 6.18 Å². The third kappa shape index (κ3) is 3.18. The van der Waals surface area contributed by atoms with Crippen LogP contribution in [0.15, 0.2) is 47.4 Å². The van der Waals surface area contributed by atoms with Crippen LogP contribution in [0.4, 0.5) is 18.9 Å². The number of alkyl halides is 3. The smallest absolute Gasteiger partial charge is 0.416 e. The van der Waals surface area contributed by atoms with E-state index in [0.717, 1.165) is 12.3 Å². The highest BCUT2D eigenvalue weighted by molar-refractivity contribution is 6.06. The molecule has 0 aliphatic rings. The first-order chi connectivity index (χ1) is 12.2. The van der Waals surface area contributed by atoms with Gasteiger partial charge in [0.15, 0.2) is 0 Å². The third-order valence-corrected chi connectivity index (χ3v) is 3.63. The minimum Gasteiger partial charge on any atom is -0.508 e. The van der Waals surface area contributed by atoms with E-state index in [9.17, 15) is 33.0 Å². The zero-order valence-corrected chi connectivity index (χ0v) is 12.9. The molecule has 9 heteroatoms. The van der Waals surface area contributed by atoms with E-state index < -0.39 is 34.4 Å². The molecule has 134 valence electrons. The number of aromatic hydroxyl groups is 2. The Morgan fingerprint density at radius 3 is 2.54 bits per heavy atom. The highest BCUT2D eigenvalue weighted by Crippen LogP contribution is 2.33. The Hall–Kier alpha value is -3.49. The molecule has 2 aromatic carbocycles. The average molecular weight is 364 g/mol. The van der Waals surface area contributed by atoms with Crippen LogP contribution >= 0.6 is 0 Å². The lowest BCUT2D eigenvalue weighted by molar-refractivity contribution is -0.137. The second-order valence-corrected chi connectivity index (χ2v) is 5.45. The summed E-state index contributed by atoms with van der Waals surface area (Å²) in [5, 5.41) is 21.2. The predicted molar refractivity (Wildman–Crippen MR) is 87.3 cm³/mol. The van der Waals surface area contributed by atoms with E-state index in [1.54, 1.807) is 0 Å². The number of pyridine rings is 1. The van der Waals surface area contributed by atoms with E-state index in [1.807, 2.05) is 0 Å². The summed E-state index contributed by atoms with van der Waals surface area (Å²) in [6.45, 7) is 0. The Bertz CT molecular complexity index is 1070. The molecule has 0 radical (unpaired) electrons. The maximum absolute atomic E-state index is 12.8. The van der Waals surface area contributed by atoms with Crippen LogP contribution in [0.25, 0.3) is 10.9 Å². The number of H-pyrrole nitrogens is 1. The summed E-state index contributed by atoms with van der Waals surface area (Å²) in [6, 6.07) is 6.34. The fourth-order valence-electron chi connectivity index (χ4n) is 2.46. The van der Waals surface area contributed by atoms with Gasteiger partial charge < -0.3 is 20.5 Å². The summed E-state index contributed by atoms with van der Waals surface area (Å²) in [4.78, 5) is 27.4. The fraction of sp³-hybridized carbons (Fsp3) is 0.0588. The van der Waals surface area contributed by atoms with Gasteiger partial charge in [-0.15, -0.1) is 0 Å². The van der Waals surface area contributed by atoms with Gasteiger partial charge in [-0.2, -0.15) is 13.2 Å². The van der Waals surface area contributed by atoms with Crippen molar-refractivity contribution >= 4 is 22.5 Å². The van der Waals surface area contributed by atoms with Crippen LogP contribution in [0.2, 0.25) is 0 Å². The van der Waals surface area contributed by atoms with Gasteiger partial charge in [-0.25, -0.2) is 0 Å². The van der Waals surface area contributed by atoms with Crippen molar-refractivity contribution in [1.29, 1.82) is 0 Å². The molecule has 3 rings (SSSR count). The van der Waals surface area contributed by atoms with Gasteiger partial charge in [0.2, 0.25) is 5.43 Å². The first-order valence-electron chi connectivity index (χ1n) is 7.23. The van der Waals surface area contributed by atoms with Gasteiger partial charge in [-0.05, 0) is 24.3 Å². The van der Waals surface area contributed by atoms with Gasteiger partial charge in [0, 0.05) is 18.0 Å². The molecule has 0 atom stereocenters. The largest absolute Gasteiger partial charge is 0.508 e. The van der Waals surface area contributed by atoms with Crippen LogP contribution in [-0.4, -0.2) is 21.1 Å². The summed E-state index contributed by atoms with van der Waals surface area (Å²) >= 11 is 0. The molecule has 0 fully saturated rings. The van der Waals surface area contributed by atoms with Crippen LogP contribution in [-0.2, 0) is 6.18 Å². The lowest BCUT2D eigenvalue weighted by Crippen LogP contribution is -2.22. The Balaban J connectivity index is 2.01.